The van der Waals surface area contributed by atoms with E-state index in [0.29, 0.717) is 28.7 Å². The van der Waals surface area contributed by atoms with Crippen molar-refractivity contribution in [2.45, 2.75) is 13.0 Å². The second-order valence-corrected chi connectivity index (χ2v) is 7.04. The van der Waals surface area contributed by atoms with Crippen molar-refractivity contribution >= 4 is 35.0 Å². The Morgan fingerprint density at radius 2 is 2.06 bits per heavy atom. The summed E-state index contributed by atoms with van der Waals surface area (Å²) in [5.74, 6) is 0.497. The van der Waals surface area contributed by atoms with Gasteiger partial charge in [0.05, 0.1) is 18.7 Å². The molecule has 0 saturated heterocycles. The van der Waals surface area contributed by atoms with Crippen LogP contribution in [0, 0.1) is 5.82 Å². The number of benzene rings is 2. The highest BCUT2D eigenvalue weighted by Gasteiger charge is 2.23. The molecule has 0 aliphatic carbocycles. The van der Waals surface area contributed by atoms with Gasteiger partial charge in [0, 0.05) is 17.4 Å². The van der Waals surface area contributed by atoms with Crippen LogP contribution >= 0.6 is 11.6 Å². The molecule has 32 heavy (non-hydrogen) atoms. The van der Waals surface area contributed by atoms with Crippen LogP contribution < -0.4 is 19.7 Å². The Morgan fingerprint density at radius 1 is 1.25 bits per heavy atom. The van der Waals surface area contributed by atoms with Gasteiger partial charge in [-0.25, -0.2) is 14.2 Å². The zero-order chi connectivity index (χ0) is 22.7. The van der Waals surface area contributed by atoms with Crippen LogP contribution in [0.1, 0.15) is 11.6 Å². The van der Waals surface area contributed by atoms with E-state index in [0.717, 1.165) is 6.07 Å². The number of carbonyl (C=O) groups excluding carboxylic acids is 2. The number of esters is 1. The summed E-state index contributed by atoms with van der Waals surface area (Å²) < 4.78 is 28.8. The molecule has 0 unspecified atom stereocenters. The molecule has 2 heterocycles. The van der Waals surface area contributed by atoms with Crippen LogP contribution in [-0.4, -0.2) is 41.1 Å². The van der Waals surface area contributed by atoms with Crippen molar-refractivity contribution in [1.82, 2.24) is 15.2 Å². The number of aromatic amines is 1. The van der Waals surface area contributed by atoms with Gasteiger partial charge in [0.2, 0.25) is 6.79 Å². The maximum atomic E-state index is 13.5. The second kappa shape index (κ2) is 9.10. The molecule has 2 amide bonds. The van der Waals surface area contributed by atoms with Gasteiger partial charge in [-0.2, -0.15) is 5.10 Å². The van der Waals surface area contributed by atoms with Gasteiger partial charge >= 0.3 is 12.0 Å². The van der Waals surface area contributed by atoms with Crippen molar-refractivity contribution in [1.29, 1.82) is 0 Å². The summed E-state index contributed by atoms with van der Waals surface area (Å²) in [5, 5.41) is 9.23. The van der Waals surface area contributed by atoms with Crippen molar-refractivity contribution in [2.75, 3.05) is 24.1 Å². The van der Waals surface area contributed by atoms with Gasteiger partial charge in [-0.05, 0) is 30.3 Å². The lowest BCUT2D eigenvalue weighted by atomic mass is 10.2. The number of fused-ring (bicyclic) bond motifs is 1. The number of hydrogen-bond acceptors (Lipinski definition) is 7. The van der Waals surface area contributed by atoms with Gasteiger partial charge in [-0.1, -0.05) is 11.6 Å². The number of ether oxygens (including phenoxy) is 3. The number of urea groups is 1. The van der Waals surface area contributed by atoms with Crippen LogP contribution in [0.5, 0.6) is 11.5 Å². The molecule has 12 heteroatoms. The zero-order valence-corrected chi connectivity index (χ0v) is 17.5. The Morgan fingerprint density at radius 3 is 2.84 bits per heavy atom. The number of anilines is 2. The summed E-state index contributed by atoms with van der Waals surface area (Å²) in [6, 6.07) is 8.29. The predicted octanol–water partition coefficient (Wildman–Crippen LogP) is 3.28. The second-order valence-electron chi connectivity index (χ2n) is 6.63. The van der Waals surface area contributed by atoms with E-state index in [1.807, 2.05) is 0 Å². The molecule has 0 saturated carbocycles. The fourth-order valence-corrected chi connectivity index (χ4v) is 3.11. The summed E-state index contributed by atoms with van der Waals surface area (Å²) in [6.45, 7) is 0.0621. The van der Waals surface area contributed by atoms with Gasteiger partial charge in [0.1, 0.15) is 18.1 Å². The topological polar surface area (TPSA) is 119 Å². The number of H-pyrrole nitrogens is 1. The van der Waals surface area contributed by atoms with Gasteiger partial charge < -0.3 is 19.5 Å². The standard InChI is InChI=1S/C20H17ClFN5O5/c1-30-19(28)8-17-24-18(26-25-17)9-27(12-3-5-15-16(7-12)32-10-31-15)20(29)23-11-2-4-14(22)13(21)6-11/h2-7H,8-10H2,1H3,(H,23,29)(H,24,25,26). The highest BCUT2D eigenvalue weighted by molar-refractivity contribution is 6.31. The largest absolute Gasteiger partial charge is 0.469 e. The van der Waals surface area contributed by atoms with E-state index in [1.165, 1.54) is 24.1 Å². The first-order chi connectivity index (χ1) is 15.4. The van der Waals surface area contributed by atoms with E-state index in [2.05, 4.69) is 25.2 Å². The quantitative estimate of drug-likeness (QED) is 0.541. The maximum Gasteiger partial charge on any atom is 0.326 e. The first kappa shape index (κ1) is 21.4. The number of amides is 2. The number of hydrogen-bond donors (Lipinski definition) is 2. The molecule has 0 radical (unpaired) electrons. The smallest absolute Gasteiger partial charge is 0.326 e. The minimum absolute atomic E-state index is 0.0193. The van der Waals surface area contributed by atoms with Crippen molar-refractivity contribution in [3.8, 4) is 11.5 Å². The third kappa shape index (κ3) is 4.72. The van der Waals surface area contributed by atoms with E-state index in [1.54, 1.807) is 18.2 Å². The van der Waals surface area contributed by atoms with E-state index in [-0.39, 0.29) is 30.6 Å². The van der Waals surface area contributed by atoms with E-state index >= 15 is 0 Å². The third-order valence-corrected chi connectivity index (χ3v) is 4.79. The van der Waals surface area contributed by atoms with E-state index in [9.17, 15) is 14.0 Å². The molecule has 1 aliphatic rings. The Hall–Kier alpha value is -3.86. The average Bonchev–Trinajstić information content (AvgIpc) is 3.43. The Balaban J connectivity index is 1.60. The van der Waals surface area contributed by atoms with Crippen molar-refractivity contribution in [2.24, 2.45) is 0 Å². The molecule has 166 valence electrons. The number of nitrogens with zero attached hydrogens (tertiary/aromatic N) is 3. The molecule has 4 rings (SSSR count). The molecule has 2 N–H and O–H groups in total. The normalized spacial score (nSPS) is 11.8. The van der Waals surface area contributed by atoms with E-state index < -0.39 is 17.8 Å². The van der Waals surface area contributed by atoms with Crippen LogP contribution in [0.15, 0.2) is 36.4 Å². The molecule has 2 aromatic carbocycles. The molecule has 0 spiro atoms. The molecular formula is C20H17ClFN5O5. The van der Waals surface area contributed by atoms with E-state index in [4.69, 9.17) is 21.1 Å². The molecule has 1 aliphatic heterocycles. The number of halogens is 2. The summed E-state index contributed by atoms with van der Waals surface area (Å²) in [6.07, 6.45) is -0.114. The molecule has 10 nitrogen and oxygen atoms in total. The lowest BCUT2D eigenvalue weighted by Gasteiger charge is -2.22. The van der Waals surface area contributed by atoms with Crippen molar-refractivity contribution in [3.63, 3.8) is 0 Å². The fourth-order valence-electron chi connectivity index (χ4n) is 2.93. The van der Waals surface area contributed by atoms with Crippen LogP contribution in [0.25, 0.3) is 0 Å². The maximum absolute atomic E-state index is 13.5. The van der Waals surface area contributed by atoms with Gasteiger partial charge in [-0.3, -0.25) is 14.8 Å². The number of methoxy groups -OCH3 is 1. The minimum atomic E-state index is -0.600. The first-order valence-electron chi connectivity index (χ1n) is 9.33. The molecule has 0 bridgehead atoms. The fraction of sp³-hybridized carbons (Fsp3) is 0.200. The molecule has 0 fully saturated rings. The summed E-state index contributed by atoms with van der Waals surface area (Å²) >= 11 is 5.81. The Bertz CT molecular complexity index is 1170. The first-order valence-corrected chi connectivity index (χ1v) is 9.71. The van der Waals surface area contributed by atoms with Gasteiger partial charge in [0.15, 0.2) is 17.3 Å². The summed E-state index contributed by atoms with van der Waals surface area (Å²) in [4.78, 5) is 30.2. The molecular weight excluding hydrogens is 445 g/mol. The Labute approximate surface area is 186 Å². The lowest BCUT2D eigenvalue weighted by Crippen LogP contribution is -2.35. The monoisotopic (exact) mass is 461 g/mol. The molecule has 3 aromatic rings. The number of carbonyl (C=O) groups is 2. The van der Waals surface area contributed by atoms with Crippen LogP contribution in [0.4, 0.5) is 20.6 Å². The van der Waals surface area contributed by atoms with Crippen LogP contribution in [0.2, 0.25) is 5.02 Å². The number of nitrogens with one attached hydrogen (secondary N) is 2. The number of aromatic nitrogens is 3. The van der Waals surface area contributed by atoms with Crippen molar-refractivity contribution < 1.29 is 28.2 Å². The van der Waals surface area contributed by atoms with Gasteiger partial charge in [-0.15, -0.1) is 0 Å². The van der Waals surface area contributed by atoms with Crippen LogP contribution in [-0.2, 0) is 22.5 Å². The lowest BCUT2D eigenvalue weighted by molar-refractivity contribution is -0.139. The number of rotatable bonds is 6. The highest BCUT2D eigenvalue weighted by atomic mass is 35.5. The molecule has 1 aromatic heterocycles. The minimum Gasteiger partial charge on any atom is -0.469 e. The Kier molecular flexibility index (Phi) is 6.08. The highest BCUT2D eigenvalue weighted by Crippen LogP contribution is 2.36. The van der Waals surface area contributed by atoms with Crippen LogP contribution in [0.3, 0.4) is 0 Å². The van der Waals surface area contributed by atoms with Crippen molar-refractivity contribution in [3.05, 3.63) is 58.9 Å². The zero-order valence-electron chi connectivity index (χ0n) is 16.7. The summed E-state index contributed by atoms with van der Waals surface area (Å²) in [7, 11) is 1.27. The van der Waals surface area contributed by atoms with Gasteiger partial charge in [0.25, 0.3) is 0 Å². The SMILES string of the molecule is COC(=O)Cc1n[nH]c(CN(C(=O)Nc2ccc(F)c(Cl)c2)c2ccc3c(c2)OCO3)n1. The molecule has 0 atom stereocenters. The third-order valence-electron chi connectivity index (χ3n) is 4.50. The summed E-state index contributed by atoms with van der Waals surface area (Å²) in [5.41, 5.74) is 0.780. The average molecular weight is 462 g/mol. The predicted molar refractivity (Wildman–Crippen MR) is 111 cm³/mol.